The SMILES string of the molecule is OC(CCc1ccccc1)Cc1ccncc1. The van der Waals surface area contributed by atoms with Gasteiger partial charge in [-0.1, -0.05) is 30.3 Å². The fraction of sp³-hybridized carbons (Fsp3) is 0.267. The first-order chi connectivity index (χ1) is 8.34. The Morgan fingerprint density at radius 1 is 0.941 bits per heavy atom. The van der Waals surface area contributed by atoms with Crippen molar-refractivity contribution >= 4 is 0 Å². The number of aliphatic hydroxyl groups is 1. The zero-order valence-electron chi connectivity index (χ0n) is 9.79. The van der Waals surface area contributed by atoms with E-state index in [0.29, 0.717) is 6.42 Å². The molecule has 0 amide bonds. The molecule has 0 aliphatic rings. The van der Waals surface area contributed by atoms with Crippen molar-refractivity contribution < 1.29 is 5.11 Å². The first kappa shape index (κ1) is 11.8. The molecule has 0 spiro atoms. The van der Waals surface area contributed by atoms with Crippen LogP contribution in [0.25, 0.3) is 0 Å². The predicted octanol–water partition coefficient (Wildman–Crippen LogP) is 2.62. The van der Waals surface area contributed by atoms with Gasteiger partial charge in [-0.25, -0.2) is 0 Å². The van der Waals surface area contributed by atoms with Gasteiger partial charge in [0.05, 0.1) is 6.10 Å². The summed E-state index contributed by atoms with van der Waals surface area (Å²) in [5, 5.41) is 9.94. The van der Waals surface area contributed by atoms with Crippen molar-refractivity contribution in [3.8, 4) is 0 Å². The third-order valence-corrected chi connectivity index (χ3v) is 2.83. The summed E-state index contributed by atoms with van der Waals surface area (Å²) in [6.45, 7) is 0. The molecule has 1 aromatic heterocycles. The van der Waals surface area contributed by atoms with Crippen molar-refractivity contribution in [1.29, 1.82) is 0 Å². The Balaban J connectivity index is 1.80. The largest absolute Gasteiger partial charge is 0.393 e. The molecular formula is C15H17NO. The van der Waals surface area contributed by atoms with Crippen molar-refractivity contribution in [3.63, 3.8) is 0 Å². The Hall–Kier alpha value is -1.67. The molecule has 2 aromatic rings. The highest BCUT2D eigenvalue weighted by Gasteiger charge is 2.05. The maximum Gasteiger partial charge on any atom is 0.0583 e. The van der Waals surface area contributed by atoms with Gasteiger partial charge in [0, 0.05) is 12.4 Å². The van der Waals surface area contributed by atoms with Crippen LogP contribution in [-0.4, -0.2) is 16.2 Å². The van der Waals surface area contributed by atoms with Crippen LogP contribution in [0, 0.1) is 0 Å². The van der Waals surface area contributed by atoms with E-state index in [2.05, 4.69) is 17.1 Å². The van der Waals surface area contributed by atoms with Gasteiger partial charge in [0.2, 0.25) is 0 Å². The maximum absolute atomic E-state index is 9.94. The number of aromatic nitrogens is 1. The lowest BCUT2D eigenvalue weighted by atomic mass is 10.0. The van der Waals surface area contributed by atoms with Crippen LogP contribution in [0.2, 0.25) is 0 Å². The van der Waals surface area contributed by atoms with Crippen LogP contribution in [-0.2, 0) is 12.8 Å². The number of hydrogen-bond acceptors (Lipinski definition) is 2. The van der Waals surface area contributed by atoms with E-state index in [0.717, 1.165) is 18.4 Å². The molecule has 88 valence electrons. The third-order valence-electron chi connectivity index (χ3n) is 2.83. The van der Waals surface area contributed by atoms with Crippen LogP contribution in [0.5, 0.6) is 0 Å². The topological polar surface area (TPSA) is 33.1 Å². The van der Waals surface area contributed by atoms with Crippen LogP contribution in [0.3, 0.4) is 0 Å². The van der Waals surface area contributed by atoms with Crippen LogP contribution >= 0.6 is 0 Å². The second-order valence-electron chi connectivity index (χ2n) is 4.24. The Kier molecular flexibility index (Phi) is 4.28. The van der Waals surface area contributed by atoms with Crippen LogP contribution in [0.4, 0.5) is 0 Å². The van der Waals surface area contributed by atoms with Crippen molar-refractivity contribution in [3.05, 3.63) is 66.0 Å². The van der Waals surface area contributed by atoms with E-state index in [9.17, 15) is 5.11 Å². The lowest BCUT2D eigenvalue weighted by Crippen LogP contribution is -2.11. The van der Waals surface area contributed by atoms with E-state index in [1.165, 1.54) is 5.56 Å². The molecule has 0 bridgehead atoms. The van der Waals surface area contributed by atoms with Gasteiger partial charge in [-0.3, -0.25) is 4.98 Å². The molecule has 17 heavy (non-hydrogen) atoms. The van der Waals surface area contributed by atoms with E-state index >= 15 is 0 Å². The van der Waals surface area contributed by atoms with Gasteiger partial charge in [-0.15, -0.1) is 0 Å². The highest BCUT2D eigenvalue weighted by molar-refractivity contribution is 5.15. The van der Waals surface area contributed by atoms with Gasteiger partial charge < -0.3 is 5.11 Å². The Labute approximate surface area is 102 Å². The molecule has 1 aromatic carbocycles. The average molecular weight is 227 g/mol. The first-order valence-electron chi connectivity index (χ1n) is 5.95. The summed E-state index contributed by atoms with van der Waals surface area (Å²) in [5.41, 5.74) is 2.42. The molecule has 2 heteroatoms. The van der Waals surface area contributed by atoms with Gasteiger partial charge in [-0.05, 0) is 42.5 Å². The fourth-order valence-electron chi connectivity index (χ4n) is 1.87. The number of pyridine rings is 1. The molecule has 0 aliphatic heterocycles. The van der Waals surface area contributed by atoms with Crippen LogP contribution in [0.1, 0.15) is 17.5 Å². The Morgan fingerprint density at radius 2 is 1.65 bits per heavy atom. The van der Waals surface area contributed by atoms with Gasteiger partial charge in [0.25, 0.3) is 0 Å². The molecule has 1 N–H and O–H groups in total. The van der Waals surface area contributed by atoms with Gasteiger partial charge in [-0.2, -0.15) is 0 Å². The zero-order chi connectivity index (χ0) is 11.9. The molecule has 0 fully saturated rings. The predicted molar refractivity (Wildman–Crippen MR) is 68.7 cm³/mol. The second-order valence-corrected chi connectivity index (χ2v) is 4.24. The summed E-state index contributed by atoms with van der Waals surface area (Å²) in [5.74, 6) is 0. The van der Waals surface area contributed by atoms with Gasteiger partial charge in [0.15, 0.2) is 0 Å². The molecule has 2 rings (SSSR count). The molecule has 1 unspecified atom stereocenters. The Morgan fingerprint density at radius 3 is 2.35 bits per heavy atom. The monoisotopic (exact) mass is 227 g/mol. The average Bonchev–Trinajstić information content (AvgIpc) is 2.39. The summed E-state index contributed by atoms with van der Waals surface area (Å²) < 4.78 is 0. The summed E-state index contributed by atoms with van der Waals surface area (Å²) >= 11 is 0. The molecule has 0 aliphatic carbocycles. The standard InChI is InChI=1S/C15H17NO/c17-15(12-14-8-10-16-11-9-14)7-6-13-4-2-1-3-5-13/h1-5,8-11,15,17H,6-7,12H2. The summed E-state index contributed by atoms with van der Waals surface area (Å²) in [6, 6.07) is 14.2. The minimum absolute atomic E-state index is 0.280. The van der Waals surface area contributed by atoms with E-state index < -0.39 is 0 Å². The molecule has 1 heterocycles. The minimum atomic E-state index is -0.280. The van der Waals surface area contributed by atoms with Crippen LogP contribution in [0.15, 0.2) is 54.9 Å². The lowest BCUT2D eigenvalue weighted by molar-refractivity contribution is 0.165. The second kappa shape index (κ2) is 6.16. The number of aryl methyl sites for hydroxylation is 1. The normalized spacial score (nSPS) is 12.3. The lowest BCUT2D eigenvalue weighted by Gasteiger charge is -2.10. The zero-order valence-corrected chi connectivity index (χ0v) is 9.79. The van der Waals surface area contributed by atoms with E-state index in [-0.39, 0.29) is 6.10 Å². The fourth-order valence-corrected chi connectivity index (χ4v) is 1.87. The minimum Gasteiger partial charge on any atom is -0.393 e. The number of hydrogen-bond donors (Lipinski definition) is 1. The maximum atomic E-state index is 9.94. The molecule has 1 atom stereocenters. The smallest absolute Gasteiger partial charge is 0.0583 e. The molecule has 0 radical (unpaired) electrons. The van der Waals surface area contributed by atoms with Crippen molar-refractivity contribution in [2.75, 3.05) is 0 Å². The van der Waals surface area contributed by atoms with Crippen LogP contribution < -0.4 is 0 Å². The van der Waals surface area contributed by atoms with Crippen molar-refractivity contribution in [2.24, 2.45) is 0 Å². The Bertz CT molecular complexity index is 427. The molecule has 2 nitrogen and oxygen atoms in total. The highest BCUT2D eigenvalue weighted by atomic mass is 16.3. The molecule has 0 saturated heterocycles. The summed E-state index contributed by atoms with van der Waals surface area (Å²) in [6.07, 6.45) is 5.67. The van der Waals surface area contributed by atoms with Crippen molar-refractivity contribution in [2.45, 2.75) is 25.4 Å². The molecule has 0 saturated carbocycles. The highest BCUT2D eigenvalue weighted by Crippen LogP contribution is 2.09. The van der Waals surface area contributed by atoms with E-state index in [1.54, 1.807) is 12.4 Å². The quantitative estimate of drug-likeness (QED) is 0.851. The third kappa shape index (κ3) is 4.00. The van der Waals surface area contributed by atoms with E-state index in [4.69, 9.17) is 0 Å². The van der Waals surface area contributed by atoms with E-state index in [1.807, 2.05) is 30.3 Å². The first-order valence-corrected chi connectivity index (χ1v) is 5.95. The van der Waals surface area contributed by atoms with Gasteiger partial charge >= 0.3 is 0 Å². The summed E-state index contributed by atoms with van der Waals surface area (Å²) in [7, 11) is 0. The van der Waals surface area contributed by atoms with Crippen molar-refractivity contribution in [1.82, 2.24) is 4.98 Å². The number of rotatable bonds is 5. The number of nitrogens with zero attached hydrogens (tertiary/aromatic N) is 1. The van der Waals surface area contributed by atoms with Gasteiger partial charge in [0.1, 0.15) is 0 Å². The number of aliphatic hydroxyl groups excluding tert-OH is 1. The number of benzene rings is 1. The summed E-state index contributed by atoms with van der Waals surface area (Å²) in [4.78, 5) is 3.96. The molecular weight excluding hydrogens is 210 g/mol.